The van der Waals surface area contributed by atoms with Gasteiger partial charge in [-0.2, -0.15) is 13.2 Å². The van der Waals surface area contributed by atoms with Crippen molar-refractivity contribution in [2.45, 2.75) is 31.5 Å². The van der Waals surface area contributed by atoms with Gasteiger partial charge >= 0.3 is 6.18 Å². The Hall–Kier alpha value is -0.290. The number of rotatable bonds is 4. The molecule has 0 spiro atoms. The lowest BCUT2D eigenvalue weighted by atomic mass is 9.97. The van der Waals surface area contributed by atoms with E-state index in [0.29, 0.717) is 0 Å². The lowest BCUT2D eigenvalue weighted by molar-refractivity contribution is -0.130. The second-order valence-electron chi connectivity index (χ2n) is 3.82. The lowest BCUT2D eigenvalue weighted by Crippen LogP contribution is -2.51. The van der Waals surface area contributed by atoms with E-state index in [9.17, 15) is 13.2 Å². The van der Waals surface area contributed by atoms with Crippen molar-refractivity contribution in [3.05, 3.63) is 0 Å². The molecule has 0 aromatic heterocycles. The van der Waals surface area contributed by atoms with Crippen LogP contribution in [0.5, 0.6) is 0 Å². The zero-order valence-electron chi connectivity index (χ0n) is 7.49. The van der Waals surface area contributed by atoms with Gasteiger partial charge in [0.2, 0.25) is 0 Å². The number of nitrogens with one attached hydrogen (secondary N) is 1. The quantitative estimate of drug-likeness (QED) is 0.712. The van der Waals surface area contributed by atoms with Crippen LogP contribution in [-0.2, 0) is 0 Å². The van der Waals surface area contributed by atoms with Gasteiger partial charge in [-0.15, -0.1) is 0 Å². The molecule has 0 aromatic carbocycles. The van der Waals surface area contributed by atoms with Crippen LogP contribution in [-0.4, -0.2) is 30.0 Å². The van der Waals surface area contributed by atoms with E-state index in [1.54, 1.807) is 6.92 Å². The van der Waals surface area contributed by atoms with E-state index in [4.69, 9.17) is 5.11 Å². The molecule has 1 saturated carbocycles. The number of halogens is 3. The van der Waals surface area contributed by atoms with Gasteiger partial charge in [-0.3, -0.25) is 0 Å². The van der Waals surface area contributed by atoms with Gasteiger partial charge in [0.15, 0.2) is 0 Å². The lowest BCUT2D eigenvalue weighted by Gasteiger charge is -2.29. The van der Waals surface area contributed by atoms with Crippen LogP contribution in [0.15, 0.2) is 0 Å². The summed E-state index contributed by atoms with van der Waals surface area (Å²) in [4.78, 5) is 0. The smallest absolute Gasteiger partial charge is 0.394 e. The number of hydrogen-bond donors (Lipinski definition) is 2. The zero-order chi connectivity index (χ0) is 10.1. The van der Waals surface area contributed by atoms with Crippen LogP contribution in [0.3, 0.4) is 0 Å². The van der Waals surface area contributed by atoms with Crippen LogP contribution in [0.1, 0.15) is 19.8 Å². The predicted octanol–water partition coefficient (Wildman–Crippen LogP) is 1.30. The summed E-state index contributed by atoms with van der Waals surface area (Å²) in [5.74, 6) is 0.194. The molecule has 0 amide bonds. The summed E-state index contributed by atoms with van der Waals surface area (Å²) in [6.07, 6.45) is -2.39. The summed E-state index contributed by atoms with van der Waals surface area (Å²) < 4.78 is 35.6. The Bertz CT molecular complexity index is 179. The standard InChI is InChI=1S/C8H14F3NO/c1-7(5-13,6-2-3-6)12-4-8(9,10)11/h6,12-13H,2-5H2,1H3. The Kier molecular flexibility index (Phi) is 2.87. The normalized spacial score (nSPS) is 22.8. The van der Waals surface area contributed by atoms with Crippen molar-refractivity contribution in [2.75, 3.05) is 13.2 Å². The molecule has 1 fully saturated rings. The van der Waals surface area contributed by atoms with Crippen molar-refractivity contribution in [2.24, 2.45) is 5.92 Å². The second-order valence-corrected chi connectivity index (χ2v) is 3.82. The number of hydrogen-bond acceptors (Lipinski definition) is 2. The van der Waals surface area contributed by atoms with Crippen LogP contribution in [0.2, 0.25) is 0 Å². The van der Waals surface area contributed by atoms with Crippen molar-refractivity contribution in [1.29, 1.82) is 0 Å². The van der Waals surface area contributed by atoms with E-state index >= 15 is 0 Å². The molecule has 0 saturated heterocycles. The Balaban J connectivity index is 2.39. The minimum Gasteiger partial charge on any atom is -0.394 e. The van der Waals surface area contributed by atoms with E-state index in [0.717, 1.165) is 12.8 Å². The third kappa shape index (κ3) is 3.15. The summed E-state index contributed by atoms with van der Waals surface area (Å²) in [6, 6.07) is 0. The van der Waals surface area contributed by atoms with Crippen LogP contribution >= 0.6 is 0 Å². The minimum absolute atomic E-state index is 0.194. The summed E-state index contributed by atoms with van der Waals surface area (Å²) in [5, 5.41) is 11.3. The van der Waals surface area contributed by atoms with Gasteiger partial charge in [0, 0.05) is 5.54 Å². The molecular formula is C8H14F3NO. The molecule has 2 nitrogen and oxygen atoms in total. The average molecular weight is 197 g/mol. The highest BCUT2D eigenvalue weighted by Crippen LogP contribution is 2.39. The van der Waals surface area contributed by atoms with Crippen LogP contribution in [0.25, 0.3) is 0 Å². The molecule has 0 bridgehead atoms. The average Bonchev–Trinajstić information content (AvgIpc) is 2.81. The van der Waals surface area contributed by atoms with Gasteiger partial charge in [0.25, 0.3) is 0 Å². The van der Waals surface area contributed by atoms with Gasteiger partial charge < -0.3 is 10.4 Å². The molecule has 13 heavy (non-hydrogen) atoms. The maximum absolute atomic E-state index is 11.9. The topological polar surface area (TPSA) is 32.3 Å². The molecule has 1 rings (SSSR count). The highest BCUT2D eigenvalue weighted by molar-refractivity contribution is 4.97. The maximum atomic E-state index is 11.9. The van der Waals surface area contributed by atoms with Gasteiger partial charge in [-0.25, -0.2) is 0 Å². The SMILES string of the molecule is CC(CO)(NCC(F)(F)F)C1CC1. The zero-order valence-corrected chi connectivity index (χ0v) is 7.49. The highest BCUT2D eigenvalue weighted by atomic mass is 19.4. The largest absolute Gasteiger partial charge is 0.401 e. The summed E-state index contributed by atoms with van der Waals surface area (Å²) in [7, 11) is 0. The molecule has 0 aromatic rings. The van der Waals surface area contributed by atoms with Gasteiger partial charge in [0.1, 0.15) is 0 Å². The Morgan fingerprint density at radius 1 is 1.38 bits per heavy atom. The summed E-state index contributed by atoms with van der Waals surface area (Å²) in [5.41, 5.74) is -0.754. The Labute approximate surface area is 75.1 Å². The first-order valence-electron chi connectivity index (χ1n) is 4.30. The van der Waals surface area contributed by atoms with Crippen molar-refractivity contribution in [3.63, 3.8) is 0 Å². The van der Waals surface area contributed by atoms with E-state index in [-0.39, 0.29) is 12.5 Å². The first-order valence-corrected chi connectivity index (χ1v) is 4.30. The first-order chi connectivity index (χ1) is 5.87. The second kappa shape index (κ2) is 3.46. The molecule has 1 atom stereocenters. The molecule has 0 heterocycles. The molecule has 0 aliphatic heterocycles. The predicted molar refractivity (Wildman–Crippen MR) is 42.3 cm³/mol. The van der Waals surface area contributed by atoms with Gasteiger partial charge in [-0.05, 0) is 25.7 Å². The van der Waals surface area contributed by atoms with Crippen molar-refractivity contribution < 1.29 is 18.3 Å². The minimum atomic E-state index is -4.20. The summed E-state index contributed by atoms with van der Waals surface area (Å²) >= 11 is 0. The molecule has 5 heteroatoms. The van der Waals surface area contributed by atoms with Gasteiger partial charge in [0.05, 0.1) is 13.2 Å². The highest BCUT2D eigenvalue weighted by Gasteiger charge is 2.42. The van der Waals surface area contributed by atoms with Gasteiger partial charge in [-0.1, -0.05) is 0 Å². The van der Waals surface area contributed by atoms with Crippen molar-refractivity contribution in [1.82, 2.24) is 5.32 Å². The molecule has 1 aliphatic rings. The first kappa shape index (κ1) is 10.8. The fourth-order valence-electron chi connectivity index (χ4n) is 1.35. The van der Waals surface area contributed by atoms with E-state index < -0.39 is 18.3 Å². The summed E-state index contributed by atoms with van der Waals surface area (Å²) in [6.45, 7) is 0.366. The van der Waals surface area contributed by atoms with E-state index in [1.165, 1.54) is 0 Å². The van der Waals surface area contributed by atoms with Crippen molar-refractivity contribution in [3.8, 4) is 0 Å². The van der Waals surface area contributed by atoms with Crippen molar-refractivity contribution >= 4 is 0 Å². The molecule has 2 N–H and O–H groups in total. The number of aliphatic hydroxyl groups excluding tert-OH is 1. The molecule has 1 unspecified atom stereocenters. The molecule has 78 valence electrons. The molecule has 0 radical (unpaired) electrons. The van der Waals surface area contributed by atoms with Crippen LogP contribution in [0.4, 0.5) is 13.2 Å². The van der Waals surface area contributed by atoms with Crippen LogP contribution in [0, 0.1) is 5.92 Å². The third-order valence-corrected chi connectivity index (χ3v) is 2.50. The number of aliphatic hydroxyl groups is 1. The third-order valence-electron chi connectivity index (χ3n) is 2.50. The van der Waals surface area contributed by atoms with E-state index in [1.807, 2.05) is 0 Å². The fraction of sp³-hybridized carbons (Fsp3) is 1.00. The van der Waals surface area contributed by atoms with E-state index in [2.05, 4.69) is 5.32 Å². The molecular weight excluding hydrogens is 183 g/mol. The maximum Gasteiger partial charge on any atom is 0.401 e. The molecule has 1 aliphatic carbocycles. The fourth-order valence-corrected chi connectivity index (χ4v) is 1.35. The number of alkyl halides is 3. The Morgan fingerprint density at radius 2 is 1.92 bits per heavy atom. The Morgan fingerprint density at radius 3 is 2.23 bits per heavy atom. The van der Waals surface area contributed by atoms with Crippen LogP contribution < -0.4 is 5.32 Å². The monoisotopic (exact) mass is 197 g/mol.